The molecular formula is C22H45NaO4S. The van der Waals surface area contributed by atoms with E-state index in [2.05, 4.69) is 6.92 Å². The van der Waals surface area contributed by atoms with E-state index in [1.807, 2.05) is 0 Å². The number of rotatable bonds is 20. The van der Waals surface area contributed by atoms with Crippen LogP contribution in [0.5, 0.6) is 0 Å². The van der Waals surface area contributed by atoms with E-state index >= 15 is 0 Å². The maximum atomic E-state index is 10.8. The summed E-state index contributed by atoms with van der Waals surface area (Å²) < 4.78 is 32.5. The fourth-order valence-electron chi connectivity index (χ4n) is 3.55. The quantitative estimate of drug-likeness (QED) is 0.183. The van der Waals surface area contributed by atoms with Gasteiger partial charge in [-0.2, -0.15) is 0 Å². The molecule has 0 saturated heterocycles. The van der Waals surface area contributed by atoms with E-state index in [-0.39, 0.29) is 36.0 Å². The molecule has 0 amide bonds. The number of hydrogen-bond donors (Lipinski definition) is 1. The van der Waals surface area contributed by atoms with Gasteiger partial charge in [0.2, 0.25) is 0 Å². The Morgan fingerprint density at radius 2 is 1.04 bits per heavy atom. The second-order valence-electron chi connectivity index (χ2n) is 8.28. The maximum absolute atomic E-state index is 10.8. The molecule has 0 saturated carbocycles. The van der Waals surface area contributed by atoms with Crippen LogP contribution in [0.1, 0.15) is 129 Å². The van der Waals surface area contributed by atoms with Gasteiger partial charge in [0.1, 0.15) is 0 Å². The molecule has 0 heterocycles. The summed E-state index contributed by atoms with van der Waals surface area (Å²) in [7, 11) is -4.27. The van der Waals surface area contributed by atoms with E-state index in [1.54, 1.807) is 0 Å². The Hall–Kier alpha value is 0.870. The summed E-state index contributed by atoms with van der Waals surface area (Å²) >= 11 is 0. The maximum Gasteiger partial charge on any atom is 1.00 e. The minimum Gasteiger partial charge on any atom is -0.748 e. The molecule has 6 heteroatoms. The molecule has 0 aliphatic heterocycles. The van der Waals surface area contributed by atoms with Gasteiger partial charge in [-0.3, -0.25) is 0 Å². The number of unbranched alkanes of at least 4 members (excludes halogenated alkanes) is 15. The monoisotopic (exact) mass is 428 g/mol. The fraction of sp³-hybridized carbons (Fsp3) is 1.00. The predicted molar refractivity (Wildman–Crippen MR) is 114 cm³/mol. The first-order valence-corrected chi connectivity index (χ1v) is 13.0. The second kappa shape index (κ2) is 21.1. The Balaban J connectivity index is 0. The molecule has 0 rings (SSSR count). The first-order valence-electron chi connectivity index (χ1n) is 11.5. The minimum atomic E-state index is -4.27. The Bertz CT molecular complexity index is 415. The molecule has 2 unspecified atom stereocenters. The molecule has 0 spiro atoms. The molecule has 0 aliphatic rings. The van der Waals surface area contributed by atoms with Crippen LogP contribution in [0.15, 0.2) is 0 Å². The molecule has 0 bridgehead atoms. The summed E-state index contributed by atoms with van der Waals surface area (Å²) in [4.78, 5) is 0. The summed E-state index contributed by atoms with van der Waals surface area (Å²) in [6.45, 7) is 3.64. The van der Waals surface area contributed by atoms with Gasteiger partial charge in [0, 0.05) is 5.25 Å². The smallest absolute Gasteiger partial charge is 0.748 e. The molecule has 0 fully saturated rings. The zero-order valence-corrected chi connectivity index (χ0v) is 21.8. The molecular weight excluding hydrogens is 383 g/mol. The zero-order valence-electron chi connectivity index (χ0n) is 19.0. The van der Waals surface area contributed by atoms with Crippen molar-refractivity contribution in [3.05, 3.63) is 0 Å². The second-order valence-corrected chi connectivity index (χ2v) is 10.1. The molecule has 1 N–H and O–H groups in total. The van der Waals surface area contributed by atoms with Gasteiger partial charge >= 0.3 is 29.6 Å². The van der Waals surface area contributed by atoms with Gasteiger partial charge in [-0.15, -0.1) is 0 Å². The molecule has 164 valence electrons. The Labute approximate surface area is 197 Å². The van der Waals surface area contributed by atoms with Crippen LogP contribution in [0.3, 0.4) is 0 Å². The van der Waals surface area contributed by atoms with Crippen molar-refractivity contribution in [1.82, 2.24) is 0 Å². The van der Waals surface area contributed by atoms with Crippen LogP contribution in [0.25, 0.3) is 0 Å². The number of hydrogen-bond acceptors (Lipinski definition) is 4. The van der Waals surface area contributed by atoms with Crippen LogP contribution in [0.4, 0.5) is 0 Å². The SMILES string of the molecule is CCCCCCCCCCCCCCCCCCC(O)CC(C)S(=O)(=O)[O-].[Na+]. The van der Waals surface area contributed by atoms with Crippen LogP contribution in [-0.4, -0.2) is 29.4 Å². The number of aliphatic hydroxyl groups excluding tert-OH is 1. The number of aliphatic hydroxyl groups is 1. The van der Waals surface area contributed by atoms with Gasteiger partial charge in [0.25, 0.3) is 0 Å². The molecule has 4 nitrogen and oxygen atoms in total. The summed E-state index contributed by atoms with van der Waals surface area (Å²) in [5, 5.41) is 8.80. The third-order valence-electron chi connectivity index (χ3n) is 5.49. The van der Waals surface area contributed by atoms with Crippen molar-refractivity contribution < 1.29 is 47.6 Å². The molecule has 2 atom stereocenters. The zero-order chi connectivity index (χ0) is 20.4. The van der Waals surface area contributed by atoms with E-state index < -0.39 is 21.5 Å². The molecule has 0 aromatic heterocycles. The van der Waals surface area contributed by atoms with E-state index in [0.717, 1.165) is 12.8 Å². The molecule has 0 radical (unpaired) electrons. The predicted octanol–water partition coefficient (Wildman–Crippen LogP) is 3.33. The van der Waals surface area contributed by atoms with Crippen molar-refractivity contribution in [3.63, 3.8) is 0 Å². The van der Waals surface area contributed by atoms with Crippen LogP contribution in [0.2, 0.25) is 0 Å². The molecule has 0 aromatic carbocycles. The summed E-state index contributed by atoms with van der Waals surface area (Å²) in [5.41, 5.74) is 0. The van der Waals surface area contributed by atoms with Gasteiger partial charge in [-0.25, -0.2) is 8.42 Å². The first-order chi connectivity index (χ1) is 12.9. The summed E-state index contributed by atoms with van der Waals surface area (Å²) in [6, 6.07) is 0. The molecule has 28 heavy (non-hydrogen) atoms. The van der Waals surface area contributed by atoms with Crippen LogP contribution in [-0.2, 0) is 10.1 Å². The van der Waals surface area contributed by atoms with Crippen molar-refractivity contribution in [2.45, 2.75) is 141 Å². The van der Waals surface area contributed by atoms with Gasteiger partial charge in [0.15, 0.2) is 0 Å². The van der Waals surface area contributed by atoms with E-state index in [9.17, 15) is 18.1 Å². The third-order valence-corrected chi connectivity index (χ3v) is 6.67. The standard InChI is InChI=1S/C22H46O4S.Na/c1-3-4-5-6-7-8-9-10-11-12-13-14-15-16-17-18-19-22(23)20-21(2)27(24,25)26;/h21-23H,3-20H2,1-2H3,(H,24,25,26);/q;+1/p-1. The Kier molecular flexibility index (Phi) is 23.4. The van der Waals surface area contributed by atoms with Crippen molar-refractivity contribution in [1.29, 1.82) is 0 Å². The third kappa shape index (κ3) is 21.6. The van der Waals surface area contributed by atoms with Gasteiger partial charge in [0.05, 0.1) is 16.2 Å². The molecule has 0 aromatic rings. The van der Waals surface area contributed by atoms with Gasteiger partial charge < -0.3 is 9.66 Å². The van der Waals surface area contributed by atoms with Crippen LogP contribution >= 0.6 is 0 Å². The fourth-order valence-corrected chi connectivity index (χ4v) is 4.00. The van der Waals surface area contributed by atoms with E-state index in [4.69, 9.17) is 0 Å². The van der Waals surface area contributed by atoms with Crippen molar-refractivity contribution in [2.75, 3.05) is 0 Å². The first kappa shape index (κ1) is 31.1. The summed E-state index contributed by atoms with van der Waals surface area (Å²) in [6.07, 6.45) is 20.9. The van der Waals surface area contributed by atoms with E-state index in [1.165, 1.54) is 96.8 Å². The largest absolute Gasteiger partial charge is 1.00 e. The minimum absolute atomic E-state index is 0. The van der Waals surface area contributed by atoms with Crippen molar-refractivity contribution in [3.8, 4) is 0 Å². The Morgan fingerprint density at radius 3 is 1.36 bits per heavy atom. The van der Waals surface area contributed by atoms with Crippen molar-refractivity contribution in [2.24, 2.45) is 0 Å². The topological polar surface area (TPSA) is 77.4 Å². The van der Waals surface area contributed by atoms with Gasteiger partial charge in [-0.05, 0) is 19.8 Å². The van der Waals surface area contributed by atoms with Gasteiger partial charge in [-0.1, -0.05) is 110 Å². The van der Waals surface area contributed by atoms with Crippen molar-refractivity contribution >= 4 is 10.1 Å². The molecule has 0 aliphatic carbocycles. The Morgan fingerprint density at radius 1 is 0.714 bits per heavy atom. The average Bonchev–Trinajstić information content (AvgIpc) is 2.60. The summed E-state index contributed by atoms with van der Waals surface area (Å²) in [5.74, 6) is 0. The van der Waals surface area contributed by atoms with Crippen LogP contribution in [0, 0.1) is 0 Å². The van der Waals surface area contributed by atoms with Crippen LogP contribution < -0.4 is 29.6 Å². The van der Waals surface area contributed by atoms with E-state index in [0.29, 0.717) is 6.42 Å². The normalized spacial score (nSPS) is 13.9. The average molecular weight is 429 g/mol.